The van der Waals surface area contributed by atoms with Crippen LogP contribution in [0, 0.1) is 5.82 Å². The number of likely N-dealkylation sites (N-methyl/N-ethyl adjacent to an activating group) is 1. The number of halogens is 1. The van der Waals surface area contributed by atoms with Crippen molar-refractivity contribution in [2.75, 3.05) is 25.0 Å². The van der Waals surface area contributed by atoms with Gasteiger partial charge in [0.1, 0.15) is 0 Å². The molecule has 1 aliphatic rings. The summed E-state index contributed by atoms with van der Waals surface area (Å²) in [7, 11) is 1.94. The zero-order valence-corrected chi connectivity index (χ0v) is 8.07. The molecule has 0 amide bonds. The minimum atomic E-state index is -0.397. The summed E-state index contributed by atoms with van der Waals surface area (Å²) in [6.45, 7) is 1.97. The van der Waals surface area contributed by atoms with Crippen LogP contribution < -0.4 is 10.2 Å². The van der Waals surface area contributed by atoms with Gasteiger partial charge >= 0.3 is 0 Å². The molecule has 4 nitrogen and oxygen atoms in total. The largest absolute Gasteiger partial charge is 0.340 e. The molecule has 1 atom stereocenters. The molecule has 0 spiro atoms. The van der Waals surface area contributed by atoms with Crippen LogP contribution in [0.5, 0.6) is 0 Å². The first-order chi connectivity index (χ1) is 6.77. The van der Waals surface area contributed by atoms with Crippen molar-refractivity contribution in [1.29, 1.82) is 0 Å². The van der Waals surface area contributed by atoms with Crippen molar-refractivity contribution >= 4 is 5.95 Å². The molecule has 1 aliphatic heterocycles. The topological polar surface area (TPSA) is 41.1 Å². The van der Waals surface area contributed by atoms with Crippen molar-refractivity contribution in [1.82, 2.24) is 15.3 Å². The average molecular weight is 196 g/mol. The lowest BCUT2D eigenvalue weighted by Crippen LogP contribution is -2.34. The summed E-state index contributed by atoms with van der Waals surface area (Å²) >= 11 is 0. The van der Waals surface area contributed by atoms with Gasteiger partial charge in [-0.15, -0.1) is 0 Å². The number of anilines is 1. The van der Waals surface area contributed by atoms with E-state index in [0.717, 1.165) is 19.5 Å². The Morgan fingerprint density at radius 2 is 2.21 bits per heavy atom. The van der Waals surface area contributed by atoms with E-state index in [4.69, 9.17) is 0 Å². The van der Waals surface area contributed by atoms with E-state index in [1.54, 1.807) is 0 Å². The number of hydrogen-bond acceptors (Lipinski definition) is 4. The van der Waals surface area contributed by atoms with Gasteiger partial charge in [0.25, 0.3) is 0 Å². The lowest BCUT2D eigenvalue weighted by atomic mass is 10.2. The van der Waals surface area contributed by atoms with Gasteiger partial charge in [-0.1, -0.05) is 0 Å². The van der Waals surface area contributed by atoms with Gasteiger partial charge in [0.05, 0.1) is 12.4 Å². The minimum absolute atomic E-state index is 0.397. The van der Waals surface area contributed by atoms with E-state index in [9.17, 15) is 4.39 Å². The lowest BCUT2D eigenvalue weighted by molar-refractivity contribution is 0.606. The molecule has 0 aromatic carbocycles. The number of rotatable bonds is 2. The van der Waals surface area contributed by atoms with Crippen LogP contribution in [0.2, 0.25) is 0 Å². The molecule has 2 heterocycles. The average Bonchev–Trinajstić information content (AvgIpc) is 2.71. The lowest BCUT2D eigenvalue weighted by Gasteiger charge is -2.23. The standard InChI is InChI=1S/C9H13FN4/c1-14(8-2-3-11-6-8)9-12-4-7(10)5-13-9/h4-5,8,11H,2-3,6H2,1H3/t8-/m1/s1. The molecule has 1 N–H and O–H groups in total. The summed E-state index contributed by atoms with van der Waals surface area (Å²) < 4.78 is 12.6. The first kappa shape index (κ1) is 9.33. The van der Waals surface area contributed by atoms with Gasteiger partial charge in [0.15, 0.2) is 5.82 Å². The highest BCUT2D eigenvalue weighted by atomic mass is 19.1. The predicted octanol–water partition coefficient (Wildman–Crippen LogP) is 0.414. The molecule has 0 bridgehead atoms. The van der Waals surface area contributed by atoms with E-state index >= 15 is 0 Å². The smallest absolute Gasteiger partial charge is 0.225 e. The second-order valence-electron chi connectivity index (χ2n) is 3.46. The van der Waals surface area contributed by atoms with E-state index in [1.807, 2.05) is 11.9 Å². The van der Waals surface area contributed by atoms with Crippen LogP contribution in [0.4, 0.5) is 10.3 Å². The monoisotopic (exact) mass is 196 g/mol. The second kappa shape index (κ2) is 3.88. The third-order valence-electron chi connectivity index (χ3n) is 2.50. The number of nitrogens with one attached hydrogen (secondary N) is 1. The Morgan fingerprint density at radius 1 is 1.50 bits per heavy atom. The Morgan fingerprint density at radius 3 is 2.79 bits per heavy atom. The van der Waals surface area contributed by atoms with Crippen molar-refractivity contribution in [2.45, 2.75) is 12.5 Å². The molecule has 0 aliphatic carbocycles. The zero-order chi connectivity index (χ0) is 9.97. The Kier molecular flexibility index (Phi) is 2.58. The molecule has 0 unspecified atom stereocenters. The van der Waals surface area contributed by atoms with Gasteiger partial charge in [-0.3, -0.25) is 0 Å². The normalized spacial score (nSPS) is 21.1. The molecule has 0 saturated carbocycles. The van der Waals surface area contributed by atoms with Crippen LogP contribution in [0.25, 0.3) is 0 Å². The fourth-order valence-corrected chi connectivity index (χ4v) is 1.62. The van der Waals surface area contributed by atoms with Crippen molar-refractivity contribution in [3.8, 4) is 0 Å². The van der Waals surface area contributed by atoms with Gasteiger partial charge in [-0.25, -0.2) is 14.4 Å². The predicted molar refractivity (Wildman–Crippen MR) is 51.7 cm³/mol. The minimum Gasteiger partial charge on any atom is -0.340 e. The van der Waals surface area contributed by atoms with Crippen LogP contribution in [0.1, 0.15) is 6.42 Å². The summed E-state index contributed by atoms with van der Waals surface area (Å²) in [5.74, 6) is 0.187. The molecule has 1 fully saturated rings. The van der Waals surface area contributed by atoms with Crippen molar-refractivity contribution in [3.05, 3.63) is 18.2 Å². The highest BCUT2D eigenvalue weighted by Gasteiger charge is 2.20. The molecule has 5 heteroatoms. The fourth-order valence-electron chi connectivity index (χ4n) is 1.62. The highest BCUT2D eigenvalue weighted by molar-refractivity contribution is 5.29. The molecule has 1 aromatic heterocycles. The Bertz CT molecular complexity index is 294. The van der Waals surface area contributed by atoms with Gasteiger partial charge < -0.3 is 10.2 Å². The van der Waals surface area contributed by atoms with E-state index in [-0.39, 0.29) is 0 Å². The van der Waals surface area contributed by atoms with Crippen LogP contribution in [-0.4, -0.2) is 36.1 Å². The summed E-state index contributed by atoms with van der Waals surface area (Å²) in [5, 5.41) is 3.26. The first-order valence-corrected chi connectivity index (χ1v) is 4.68. The molecule has 0 radical (unpaired) electrons. The van der Waals surface area contributed by atoms with Gasteiger partial charge in [-0.05, 0) is 13.0 Å². The van der Waals surface area contributed by atoms with Crippen LogP contribution in [0.3, 0.4) is 0 Å². The number of aromatic nitrogens is 2. The quantitative estimate of drug-likeness (QED) is 0.744. The number of hydrogen-bond donors (Lipinski definition) is 1. The van der Waals surface area contributed by atoms with E-state index in [2.05, 4.69) is 15.3 Å². The Hall–Kier alpha value is -1.23. The van der Waals surface area contributed by atoms with Gasteiger partial charge in [0.2, 0.25) is 5.95 Å². The summed E-state index contributed by atoms with van der Waals surface area (Å²) in [6.07, 6.45) is 3.47. The van der Waals surface area contributed by atoms with Crippen molar-refractivity contribution < 1.29 is 4.39 Å². The van der Waals surface area contributed by atoms with E-state index in [1.165, 1.54) is 12.4 Å². The van der Waals surface area contributed by atoms with Crippen LogP contribution in [-0.2, 0) is 0 Å². The molecule has 76 valence electrons. The zero-order valence-electron chi connectivity index (χ0n) is 8.07. The van der Waals surface area contributed by atoms with Crippen molar-refractivity contribution in [2.24, 2.45) is 0 Å². The molecule has 1 aromatic rings. The summed E-state index contributed by atoms with van der Waals surface area (Å²) in [5.41, 5.74) is 0. The third-order valence-corrected chi connectivity index (χ3v) is 2.50. The molecule has 2 rings (SSSR count). The molecular formula is C9H13FN4. The first-order valence-electron chi connectivity index (χ1n) is 4.68. The third kappa shape index (κ3) is 1.82. The van der Waals surface area contributed by atoms with E-state index < -0.39 is 5.82 Å². The van der Waals surface area contributed by atoms with Crippen molar-refractivity contribution in [3.63, 3.8) is 0 Å². The van der Waals surface area contributed by atoms with Crippen LogP contribution >= 0.6 is 0 Å². The maximum Gasteiger partial charge on any atom is 0.225 e. The molecule has 1 saturated heterocycles. The summed E-state index contributed by atoms with van der Waals surface area (Å²) in [6, 6.07) is 0.417. The Balaban J connectivity index is 2.09. The SMILES string of the molecule is CN(c1ncc(F)cn1)[C@@H]1CCNC1. The van der Waals surface area contributed by atoms with Gasteiger partial charge in [-0.2, -0.15) is 0 Å². The Labute approximate surface area is 82.2 Å². The van der Waals surface area contributed by atoms with Crippen LogP contribution in [0.15, 0.2) is 12.4 Å². The second-order valence-corrected chi connectivity index (χ2v) is 3.46. The maximum absolute atomic E-state index is 12.6. The number of nitrogens with zero attached hydrogens (tertiary/aromatic N) is 3. The van der Waals surface area contributed by atoms with E-state index in [0.29, 0.717) is 12.0 Å². The molecular weight excluding hydrogens is 183 g/mol. The maximum atomic E-state index is 12.6. The van der Waals surface area contributed by atoms with Gasteiger partial charge in [0, 0.05) is 19.6 Å². The fraction of sp³-hybridized carbons (Fsp3) is 0.556. The molecule has 14 heavy (non-hydrogen) atoms. The highest BCUT2D eigenvalue weighted by Crippen LogP contribution is 2.12. The summed E-state index contributed by atoms with van der Waals surface area (Å²) in [4.78, 5) is 9.86.